The van der Waals surface area contributed by atoms with Gasteiger partial charge in [-0.15, -0.1) is 0 Å². The van der Waals surface area contributed by atoms with Crippen LogP contribution in [0.3, 0.4) is 0 Å². The minimum Gasteiger partial charge on any atom is -0.391 e. The summed E-state index contributed by atoms with van der Waals surface area (Å²) in [4.78, 5) is 0. The van der Waals surface area contributed by atoms with Crippen molar-refractivity contribution in [3.8, 4) is 0 Å². The lowest BCUT2D eigenvalue weighted by atomic mass is 10.1. The quantitative estimate of drug-likeness (QED) is 0.489. The van der Waals surface area contributed by atoms with E-state index in [1.807, 2.05) is 19.2 Å². The fraction of sp³-hybridized carbons (Fsp3) is 0.636. The van der Waals surface area contributed by atoms with E-state index < -0.39 is 0 Å². The van der Waals surface area contributed by atoms with Gasteiger partial charge in [0, 0.05) is 6.54 Å². The first-order valence-corrected chi connectivity index (χ1v) is 4.72. The van der Waals surface area contributed by atoms with Crippen LogP contribution in [0.2, 0.25) is 0 Å². The van der Waals surface area contributed by atoms with Gasteiger partial charge in [-0.25, -0.2) is 0 Å². The second-order valence-electron chi connectivity index (χ2n) is 3.12. The molecule has 12 heavy (non-hydrogen) atoms. The van der Waals surface area contributed by atoms with Crippen LogP contribution in [-0.4, -0.2) is 6.54 Å². The van der Waals surface area contributed by atoms with Crippen LogP contribution >= 0.6 is 0 Å². The summed E-state index contributed by atoms with van der Waals surface area (Å²) >= 11 is 0. The molecule has 0 bridgehead atoms. The molecule has 0 unspecified atom stereocenters. The highest BCUT2D eigenvalue weighted by molar-refractivity contribution is 5.09. The minimum atomic E-state index is 1.05. The maximum atomic E-state index is 3.23. The van der Waals surface area contributed by atoms with Crippen LogP contribution in [0.1, 0.15) is 40.5 Å². The Morgan fingerprint density at radius 2 is 1.92 bits per heavy atom. The molecule has 0 aromatic heterocycles. The molecule has 0 saturated carbocycles. The number of rotatable bonds is 5. The van der Waals surface area contributed by atoms with Gasteiger partial charge in [0.1, 0.15) is 0 Å². The standard InChI is InChI=1S/C11H21N/c1-5-8-12-9-7-11(4)10(3)6-2/h5,8,12H,6-7,9H2,1-4H3/b8-5-,11-10-. The Bertz CT molecular complexity index is 166. The predicted molar refractivity (Wildman–Crippen MR) is 56.1 cm³/mol. The van der Waals surface area contributed by atoms with Crippen molar-refractivity contribution in [1.82, 2.24) is 5.32 Å². The minimum absolute atomic E-state index is 1.05. The van der Waals surface area contributed by atoms with Gasteiger partial charge in [-0.1, -0.05) is 24.1 Å². The van der Waals surface area contributed by atoms with E-state index in [9.17, 15) is 0 Å². The third kappa shape index (κ3) is 5.00. The molecule has 0 amide bonds. The number of allylic oxidation sites excluding steroid dienone is 2. The summed E-state index contributed by atoms with van der Waals surface area (Å²) in [5, 5.41) is 3.23. The van der Waals surface area contributed by atoms with Crippen LogP contribution in [0.15, 0.2) is 23.4 Å². The van der Waals surface area contributed by atoms with Crippen molar-refractivity contribution in [3.05, 3.63) is 23.4 Å². The Labute approximate surface area is 76.6 Å². The molecule has 0 fully saturated rings. The summed E-state index contributed by atoms with van der Waals surface area (Å²) in [5.74, 6) is 0. The van der Waals surface area contributed by atoms with Gasteiger partial charge in [0.05, 0.1) is 0 Å². The van der Waals surface area contributed by atoms with Crippen molar-refractivity contribution in [2.24, 2.45) is 0 Å². The van der Waals surface area contributed by atoms with E-state index in [0.29, 0.717) is 0 Å². The Morgan fingerprint density at radius 1 is 1.25 bits per heavy atom. The van der Waals surface area contributed by atoms with Crippen molar-refractivity contribution in [3.63, 3.8) is 0 Å². The van der Waals surface area contributed by atoms with E-state index in [0.717, 1.165) is 13.0 Å². The van der Waals surface area contributed by atoms with Gasteiger partial charge in [-0.2, -0.15) is 0 Å². The van der Waals surface area contributed by atoms with Gasteiger partial charge in [-0.05, 0) is 39.8 Å². The van der Waals surface area contributed by atoms with Crippen LogP contribution < -0.4 is 5.32 Å². The average Bonchev–Trinajstić information content (AvgIpc) is 2.10. The van der Waals surface area contributed by atoms with Crippen LogP contribution in [0.4, 0.5) is 0 Å². The molecular formula is C11H21N. The molecule has 1 nitrogen and oxygen atoms in total. The molecule has 70 valence electrons. The molecule has 1 heteroatoms. The third-order valence-electron chi connectivity index (χ3n) is 2.19. The zero-order chi connectivity index (χ0) is 9.40. The molecule has 0 aliphatic carbocycles. The molecule has 0 atom stereocenters. The Morgan fingerprint density at radius 3 is 2.42 bits per heavy atom. The number of hydrogen-bond donors (Lipinski definition) is 1. The van der Waals surface area contributed by atoms with Crippen molar-refractivity contribution in [2.75, 3.05) is 6.54 Å². The molecule has 1 N–H and O–H groups in total. The monoisotopic (exact) mass is 167 g/mol. The highest BCUT2D eigenvalue weighted by Crippen LogP contribution is 2.09. The SMILES string of the molecule is C/C=C\NCC/C(C)=C(/C)CC. The van der Waals surface area contributed by atoms with Crippen LogP contribution in [0, 0.1) is 0 Å². The largest absolute Gasteiger partial charge is 0.391 e. The van der Waals surface area contributed by atoms with E-state index in [1.165, 1.54) is 17.6 Å². The molecular weight excluding hydrogens is 146 g/mol. The number of nitrogens with one attached hydrogen (secondary N) is 1. The summed E-state index contributed by atoms with van der Waals surface area (Å²) in [5.41, 5.74) is 3.05. The molecule has 0 aromatic carbocycles. The normalized spacial score (nSPS) is 13.3. The highest BCUT2D eigenvalue weighted by Gasteiger charge is 1.93. The van der Waals surface area contributed by atoms with Gasteiger partial charge < -0.3 is 5.32 Å². The molecule has 0 spiro atoms. The molecule has 0 heterocycles. The molecule has 0 radical (unpaired) electrons. The number of hydrogen-bond acceptors (Lipinski definition) is 1. The van der Waals surface area contributed by atoms with E-state index in [-0.39, 0.29) is 0 Å². The van der Waals surface area contributed by atoms with Crippen molar-refractivity contribution >= 4 is 0 Å². The Kier molecular flexibility index (Phi) is 6.54. The predicted octanol–water partition coefficient (Wildman–Crippen LogP) is 3.25. The van der Waals surface area contributed by atoms with E-state index in [1.54, 1.807) is 0 Å². The maximum Gasteiger partial charge on any atom is 0.0178 e. The average molecular weight is 167 g/mol. The highest BCUT2D eigenvalue weighted by atomic mass is 14.8. The van der Waals surface area contributed by atoms with Crippen LogP contribution in [0.5, 0.6) is 0 Å². The molecule has 0 aliphatic heterocycles. The smallest absolute Gasteiger partial charge is 0.0178 e. The van der Waals surface area contributed by atoms with E-state index in [2.05, 4.69) is 26.1 Å². The lowest BCUT2D eigenvalue weighted by Gasteiger charge is -2.05. The molecule has 0 aliphatic rings. The van der Waals surface area contributed by atoms with Gasteiger partial charge >= 0.3 is 0 Å². The molecule has 0 rings (SSSR count). The van der Waals surface area contributed by atoms with Crippen molar-refractivity contribution in [2.45, 2.75) is 40.5 Å². The summed E-state index contributed by atoms with van der Waals surface area (Å²) in [6.45, 7) is 9.71. The van der Waals surface area contributed by atoms with Crippen LogP contribution in [-0.2, 0) is 0 Å². The zero-order valence-corrected chi connectivity index (χ0v) is 8.78. The molecule has 0 saturated heterocycles. The van der Waals surface area contributed by atoms with Gasteiger partial charge in [0.25, 0.3) is 0 Å². The Hall–Kier alpha value is -0.720. The fourth-order valence-corrected chi connectivity index (χ4v) is 0.976. The molecule has 0 aromatic rings. The summed E-state index contributed by atoms with van der Waals surface area (Å²) < 4.78 is 0. The van der Waals surface area contributed by atoms with Gasteiger partial charge in [-0.3, -0.25) is 0 Å². The third-order valence-corrected chi connectivity index (χ3v) is 2.19. The Balaban J connectivity index is 3.63. The first kappa shape index (κ1) is 11.3. The van der Waals surface area contributed by atoms with Crippen molar-refractivity contribution < 1.29 is 0 Å². The summed E-state index contributed by atoms with van der Waals surface area (Å²) in [7, 11) is 0. The maximum absolute atomic E-state index is 3.23. The van der Waals surface area contributed by atoms with Gasteiger partial charge in [0.15, 0.2) is 0 Å². The second-order valence-corrected chi connectivity index (χ2v) is 3.12. The van der Waals surface area contributed by atoms with E-state index >= 15 is 0 Å². The zero-order valence-electron chi connectivity index (χ0n) is 8.78. The lowest BCUT2D eigenvalue weighted by molar-refractivity contribution is 0.809. The lowest BCUT2D eigenvalue weighted by Crippen LogP contribution is -2.07. The fourth-order valence-electron chi connectivity index (χ4n) is 0.976. The topological polar surface area (TPSA) is 12.0 Å². The summed E-state index contributed by atoms with van der Waals surface area (Å²) in [6.07, 6.45) is 6.35. The first-order chi connectivity index (χ1) is 5.72. The van der Waals surface area contributed by atoms with Crippen molar-refractivity contribution in [1.29, 1.82) is 0 Å². The summed E-state index contributed by atoms with van der Waals surface area (Å²) in [6, 6.07) is 0. The van der Waals surface area contributed by atoms with Gasteiger partial charge in [0.2, 0.25) is 0 Å². The first-order valence-electron chi connectivity index (χ1n) is 4.72. The second kappa shape index (κ2) is 6.96. The van der Waals surface area contributed by atoms with E-state index in [4.69, 9.17) is 0 Å². The van der Waals surface area contributed by atoms with Crippen LogP contribution in [0.25, 0.3) is 0 Å².